The van der Waals surface area contributed by atoms with Crippen LogP contribution < -0.4 is 5.32 Å². The van der Waals surface area contributed by atoms with Crippen LogP contribution in [0.4, 0.5) is 4.79 Å². The van der Waals surface area contributed by atoms with Crippen molar-refractivity contribution in [3.8, 4) is 0 Å². The molecular formula is C15H27N3O2. The van der Waals surface area contributed by atoms with Crippen LogP contribution in [0.2, 0.25) is 0 Å². The van der Waals surface area contributed by atoms with Crippen molar-refractivity contribution in [2.45, 2.75) is 56.7 Å². The minimum absolute atomic E-state index is 0.0915. The Bertz CT molecular complexity index is 350. The molecule has 2 saturated heterocycles. The third kappa shape index (κ3) is 3.64. The number of hydrogen-bond donors (Lipinski definition) is 1. The summed E-state index contributed by atoms with van der Waals surface area (Å²) < 4.78 is 5.76. The second-order valence-corrected chi connectivity index (χ2v) is 6.54. The number of carbonyl (C=O) groups excluding carboxylic acids is 1. The molecule has 3 aliphatic rings. The lowest BCUT2D eigenvalue weighted by atomic mass is 9.99. The van der Waals surface area contributed by atoms with Crippen LogP contribution in [-0.2, 0) is 4.74 Å². The summed E-state index contributed by atoms with van der Waals surface area (Å²) in [7, 11) is 2.11. The Morgan fingerprint density at radius 1 is 1.00 bits per heavy atom. The SMILES string of the molecule is CN1CCCN(C(=O)OC2CCCC3NC3CC2)CC1. The first kappa shape index (κ1) is 14.1. The van der Waals surface area contributed by atoms with E-state index in [1.807, 2.05) is 4.90 Å². The van der Waals surface area contributed by atoms with Gasteiger partial charge in [-0.2, -0.15) is 0 Å². The molecule has 3 fully saturated rings. The summed E-state index contributed by atoms with van der Waals surface area (Å²) in [6, 6.07) is 1.45. The van der Waals surface area contributed by atoms with E-state index in [0.29, 0.717) is 6.04 Å². The van der Waals surface area contributed by atoms with Gasteiger partial charge in [0.25, 0.3) is 0 Å². The maximum Gasteiger partial charge on any atom is 0.410 e. The van der Waals surface area contributed by atoms with Gasteiger partial charge in [0.1, 0.15) is 6.10 Å². The molecule has 2 heterocycles. The Morgan fingerprint density at radius 2 is 1.85 bits per heavy atom. The fraction of sp³-hybridized carbons (Fsp3) is 0.933. The number of nitrogens with one attached hydrogen (secondary N) is 1. The molecule has 5 nitrogen and oxygen atoms in total. The number of nitrogens with zero attached hydrogens (tertiary/aromatic N) is 2. The molecule has 0 spiro atoms. The van der Waals surface area contributed by atoms with Gasteiger partial charge >= 0.3 is 6.09 Å². The monoisotopic (exact) mass is 281 g/mol. The van der Waals surface area contributed by atoms with E-state index in [9.17, 15) is 4.79 Å². The molecule has 20 heavy (non-hydrogen) atoms. The van der Waals surface area contributed by atoms with Crippen LogP contribution in [0, 0.1) is 0 Å². The van der Waals surface area contributed by atoms with Gasteiger partial charge in [-0.15, -0.1) is 0 Å². The Hall–Kier alpha value is -0.810. The van der Waals surface area contributed by atoms with Crippen LogP contribution in [0.3, 0.4) is 0 Å². The van der Waals surface area contributed by atoms with Gasteiger partial charge in [0.05, 0.1) is 0 Å². The number of carbonyl (C=O) groups is 1. The second kappa shape index (κ2) is 6.31. The van der Waals surface area contributed by atoms with Crippen LogP contribution >= 0.6 is 0 Å². The Labute approximate surface area is 121 Å². The first-order chi connectivity index (χ1) is 9.72. The summed E-state index contributed by atoms with van der Waals surface area (Å²) in [5.41, 5.74) is 0. The first-order valence-electron chi connectivity index (χ1n) is 8.12. The van der Waals surface area contributed by atoms with Crippen molar-refractivity contribution < 1.29 is 9.53 Å². The molecule has 1 aliphatic carbocycles. The highest BCUT2D eigenvalue weighted by Gasteiger charge is 2.37. The largest absolute Gasteiger partial charge is 0.446 e. The molecule has 0 radical (unpaired) electrons. The maximum absolute atomic E-state index is 12.3. The predicted octanol–water partition coefficient (Wildman–Crippen LogP) is 1.43. The maximum atomic E-state index is 12.3. The molecule has 0 aromatic carbocycles. The van der Waals surface area contributed by atoms with Crippen LogP contribution in [0.5, 0.6) is 0 Å². The summed E-state index contributed by atoms with van der Waals surface area (Å²) in [6.07, 6.45) is 6.72. The first-order valence-corrected chi connectivity index (χ1v) is 8.12. The molecule has 5 heteroatoms. The predicted molar refractivity (Wildman–Crippen MR) is 77.8 cm³/mol. The molecule has 0 bridgehead atoms. The summed E-state index contributed by atoms with van der Waals surface area (Å²) in [5.74, 6) is 0. The summed E-state index contributed by atoms with van der Waals surface area (Å²) in [4.78, 5) is 16.5. The standard InChI is InChI=1S/C15H27N3O2/c1-17-8-3-9-18(11-10-17)15(19)20-12-4-2-5-13-14(16-13)7-6-12/h12-14,16H,2-11H2,1H3. The molecule has 0 aromatic rings. The minimum Gasteiger partial charge on any atom is -0.446 e. The fourth-order valence-electron chi connectivity index (χ4n) is 3.43. The van der Waals surface area contributed by atoms with Crippen LogP contribution in [0.1, 0.15) is 38.5 Å². The van der Waals surface area contributed by atoms with Crippen molar-refractivity contribution in [3.05, 3.63) is 0 Å². The van der Waals surface area contributed by atoms with Gasteiger partial charge in [-0.25, -0.2) is 4.79 Å². The molecule has 3 atom stereocenters. The second-order valence-electron chi connectivity index (χ2n) is 6.54. The van der Waals surface area contributed by atoms with Gasteiger partial charge in [-0.05, 0) is 52.1 Å². The lowest BCUT2D eigenvalue weighted by Gasteiger charge is -2.25. The molecule has 1 amide bonds. The molecule has 1 saturated carbocycles. The lowest BCUT2D eigenvalue weighted by Crippen LogP contribution is -2.37. The van der Waals surface area contributed by atoms with Gasteiger partial charge in [0.15, 0.2) is 0 Å². The van der Waals surface area contributed by atoms with Crippen LogP contribution in [0.25, 0.3) is 0 Å². The van der Waals surface area contributed by atoms with Crippen molar-refractivity contribution in [3.63, 3.8) is 0 Å². The highest BCUT2D eigenvalue weighted by molar-refractivity contribution is 5.67. The number of amides is 1. The summed E-state index contributed by atoms with van der Waals surface area (Å²) >= 11 is 0. The van der Waals surface area contributed by atoms with E-state index in [1.165, 1.54) is 12.8 Å². The van der Waals surface area contributed by atoms with E-state index in [0.717, 1.165) is 57.9 Å². The molecule has 3 unspecified atom stereocenters. The molecule has 3 rings (SSSR count). The van der Waals surface area contributed by atoms with Crippen LogP contribution in [-0.4, -0.2) is 67.3 Å². The molecule has 1 N–H and O–H groups in total. The molecule has 114 valence electrons. The number of likely N-dealkylation sites (N-methyl/N-ethyl adjacent to an activating group) is 1. The van der Waals surface area contributed by atoms with E-state index in [2.05, 4.69) is 17.3 Å². The zero-order valence-electron chi connectivity index (χ0n) is 12.5. The highest BCUT2D eigenvalue weighted by atomic mass is 16.6. The normalized spacial score (nSPS) is 35.5. The average Bonchev–Trinajstić information content (AvgIpc) is 3.16. The zero-order chi connectivity index (χ0) is 13.9. The number of fused-ring (bicyclic) bond motifs is 1. The van der Waals surface area contributed by atoms with Crippen molar-refractivity contribution in [2.24, 2.45) is 0 Å². The smallest absolute Gasteiger partial charge is 0.410 e. The number of rotatable bonds is 1. The van der Waals surface area contributed by atoms with E-state index in [1.54, 1.807) is 0 Å². The Kier molecular flexibility index (Phi) is 4.46. The number of hydrogen-bond acceptors (Lipinski definition) is 4. The van der Waals surface area contributed by atoms with Crippen molar-refractivity contribution in [2.75, 3.05) is 33.2 Å². The average molecular weight is 281 g/mol. The van der Waals surface area contributed by atoms with Gasteiger partial charge in [-0.3, -0.25) is 0 Å². The Morgan fingerprint density at radius 3 is 2.75 bits per heavy atom. The summed E-state index contributed by atoms with van der Waals surface area (Å²) in [6.45, 7) is 3.66. The fourth-order valence-corrected chi connectivity index (χ4v) is 3.43. The lowest BCUT2D eigenvalue weighted by molar-refractivity contribution is 0.0528. The third-order valence-corrected chi connectivity index (χ3v) is 4.89. The molecule has 2 aliphatic heterocycles. The van der Waals surface area contributed by atoms with Gasteiger partial charge in [-0.1, -0.05) is 0 Å². The van der Waals surface area contributed by atoms with Crippen molar-refractivity contribution >= 4 is 6.09 Å². The molecular weight excluding hydrogens is 254 g/mol. The number of ether oxygens (including phenoxy) is 1. The van der Waals surface area contributed by atoms with E-state index < -0.39 is 0 Å². The van der Waals surface area contributed by atoms with Gasteiger partial charge in [0, 0.05) is 31.7 Å². The third-order valence-electron chi connectivity index (χ3n) is 4.89. The van der Waals surface area contributed by atoms with Crippen LogP contribution in [0.15, 0.2) is 0 Å². The van der Waals surface area contributed by atoms with Crippen molar-refractivity contribution in [1.29, 1.82) is 0 Å². The van der Waals surface area contributed by atoms with Crippen molar-refractivity contribution in [1.82, 2.24) is 15.1 Å². The topological polar surface area (TPSA) is 54.7 Å². The van der Waals surface area contributed by atoms with E-state index in [-0.39, 0.29) is 12.2 Å². The van der Waals surface area contributed by atoms with E-state index >= 15 is 0 Å². The molecule has 0 aromatic heterocycles. The highest BCUT2D eigenvalue weighted by Crippen LogP contribution is 2.28. The van der Waals surface area contributed by atoms with Gasteiger partial charge < -0.3 is 19.9 Å². The Balaban J connectivity index is 1.46. The summed E-state index contributed by atoms with van der Waals surface area (Å²) in [5, 5.41) is 3.50. The van der Waals surface area contributed by atoms with E-state index in [4.69, 9.17) is 4.74 Å². The minimum atomic E-state index is -0.0915. The quantitative estimate of drug-likeness (QED) is 0.739. The zero-order valence-corrected chi connectivity index (χ0v) is 12.5. The van der Waals surface area contributed by atoms with Gasteiger partial charge in [0.2, 0.25) is 0 Å².